The Bertz CT molecular complexity index is 463. The number of nitrogens with two attached hydrogens (primary N) is 1. The maximum Gasteiger partial charge on any atom is 0.227 e. The van der Waals surface area contributed by atoms with Gasteiger partial charge >= 0.3 is 0 Å². The molecule has 0 bridgehead atoms. The van der Waals surface area contributed by atoms with Crippen LogP contribution in [0.2, 0.25) is 0 Å². The molecule has 0 radical (unpaired) electrons. The van der Waals surface area contributed by atoms with Crippen LogP contribution in [0, 0.1) is 0 Å². The smallest absolute Gasteiger partial charge is 0.227 e. The molecule has 0 aliphatic carbocycles. The summed E-state index contributed by atoms with van der Waals surface area (Å²) in [5.74, 6) is 0.0742. The molecule has 1 amide bonds. The largest absolute Gasteiger partial charge is 0.389 e. The first-order valence-corrected chi connectivity index (χ1v) is 6.25. The highest BCUT2D eigenvalue weighted by atomic mass is 16.3. The van der Waals surface area contributed by atoms with Crippen LogP contribution in [-0.4, -0.2) is 23.2 Å². The molecule has 0 unspecified atom stereocenters. The van der Waals surface area contributed by atoms with Gasteiger partial charge < -0.3 is 15.7 Å². The van der Waals surface area contributed by atoms with Gasteiger partial charge in [0.25, 0.3) is 0 Å². The topological polar surface area (TPSA) is 66.6 Å². The molecule has 0 saturated heterocycles. The molecule has 2 rings (SSSR count). The highest BCUT2D eigenvalue weighted by molar-refractivity contribution is 5.96. The number of carbonyl (C=O) groups excluding carboxylic acids is 1. The summed E-state index contributed by atoms with van der Waals surface area (Å²) in [5, 5.41) is 9.90. The fraction of sp³-hybridized carbons (Fsp3) is 0.500. The lowest BCUT2D eigenvalue weighted by Gasteiger charge is -2.34. The lowest BCUT2D eigenvalue weighted by molar-refractivity contribution is -0.119. The van der Waals surface area contributed by atoms with Gasteiger partial charge in [0.15, 0.2) is 0 Å². The van der Waals surface area contributed by atoms with Gasteiger partial charge in [-0.05, 0) is 37.5 Å². The molecule has 1 aliphatic heterocycles. The lowest BCUT2D eigenvalue weighted by atomic mass is 9.97. The molecule has 1 aromatic rings. The van der Waals surface area contributed by atoms with Gasteiger partial charge in [-0.3, -0.25) is 4.79 Å². The van der Waals surface area contributed by atoms with E-state index in [9.17, 15) is 9.90 Å². The van der Waals surface area contributed by atoms with Crippen LogP contribution in [0.3, 0.4) is 0 Å². The number of anilines is 1. The quantitative estimate of drug-likeness (QED) is 0.844. The highest BCUT2D eigenvalue weighted by Gasteiger charge is 2.28. The van der Waals surface area contributed by atoms with E-state index in [0.717, 1.165) is 23.2 Å². The number of β-amino-alcohol motifs (C(OH)–C–C–N with tert-alkyl or cyclic N) is 1. The number of carbonyl (C=O) groups is 1. The first kappa shape index (κ1) is 13.1. The number of fused-ring (bicyclic) bond motifs is 1. The van der Waals surface area contributed by atoms with Crippen molar-refractivity contribution >= 4 is 11.6 Å². The number of aryl methyl sites for hydroxylation is 1. The average molecular weight is 248 g/mol. The second-order valence-corrected chi connectivity index (χ2v) is 5.46. The summed E-state index contributed by atoms with van der Waals surface area (Å²) in [4.78, 5) is 13.7. The first-order chi connectivity index (χ1) is 8.40. The van der Waals surface area contributed by atoms with Crippen LogP contribution < -0.4 is 10.6 Å². The Labute approximate surface area is 107 Å². The van der Waals surface area contributed by atoms with Crippen LogP contribution in [-0.2, 0) is 17.8 Å². The van der Waals surface area contributed by atoms with Crippen molar-refractivity contribution in [2.24, 2.45) is 5.73 Å². The predicted molar refractivity (Wildman–Crippen MR) is 71.3 cm³/mol. The molecule has 98 valence electrons. The van der Waals surface area contributed by atoms with Crippen molar-refractivity contribution in [2.75, 3.05) is 11.4 Å². The van der Waals surface area contributed by atoms with Crippen molar-refractivity contribution in [1.82, 2.24) is 0 Å². The number of benzene rings is 1. The molecular weight excluding hydrogens is 228 g/mol. The normalized spacial score (nSPS) is 15.8. The van der Waals surface area contributed by atoms with Crippen molar-refractivity contribution in [3.63, 3.8) is 0 Å². The minimum Gasteiger partial charge on any atom is -0.389 e. The third-order valence-corrected chi connectivity index (χ3v) is 3.12. The van der Waals surface area contributed by atoms with Gasteiger partial charge in [-0.15, -0.1) is 0 Å². The fourth-order valence-corrected chi connectivity index (χ4v) is 2.30. The molecular formula is C14H20N2O2. The number of hydrogen-bond acceptors (Lipinski definition) is 3. The summed E-state index contributed by atoms with van der Waals surface area (Å²) in [6.45, 7) is 4.25. The summed E-state index contributed by atoms with van der Waals surface area (Å²) in [6.07, 6.45) is 1.25. The third-order valence-electron chi connectivity index (χ3n) is 3.12. The molecule has 0 saturated carbocycles. The van der Waals surface area contributed by atoms with Gasteiger partial charge in [0.1, 0.15) is 0 Å². The van der Waals surface area contributed by atoms with Crippen LogP contribution >= 0.6 is 0 Å². The van der Waals surface area contributed by atoms with E-state index in [1.165, 1.54) is 0 Å². The van der Waals surface area contributed by atoms with E-state index in [1.807, 2.05) is 12.1 Å². The molecule has 1 heterocycles. The zero-order valence-corrected chi connectivity index (χ0v) is 10.9. The molecule has 18 heavy (non-hydrogen) atoms. The maximum atomic E-state index is 12.0. The van der Waals surface area contributed by atoms with Crippen molar-refractivity contribution in [3.05, 3.63) is 29.3 Å². The monoisotopic (exact) mass is 248 g/mol. The van der Waals surface area contributed by atoms with E-state index in [2.05, 4.69) is 6.07 Å². The van der Waals surface area contributed by atoms with Gasteiger partial charge in [-0.1, -0.05) is 12.1 Å². The van der Waals surface area contributed by atoms with Crippen molar-refractivity contribution in [3.8, 4) is 0 Å². The highest BCUT2D eigenvalue weighted by Crippen LogP contribution is 2.29. The molecule has 4 heteroatoms. The minimum absolute atomic E-state index is 0.0742. The van der Waals surface area contributed by atoms with Crippen molar-refractivity contribution in [2.45, 2.75) is 38.8 Å². The Kier molecular flexibility index (Phi) is 3.41. The van der Waals surface area contributed by atoms with Gasteiger partial charge in [0, 0.05) is 18.7 Å². The number of amides is 1. The van der Waals surface area contributed by atoms with Crippen LogP contribution in [0.4, 0.5) is 5.69 Å². The van der Waals surface area contributed by atoms with E-state index in [1.54, 1.807) is 18.7 Å². The Morgan fingerprint density at radius 3 is 2.72 bits per heavy atom. The van der Waals surface area contributed by atoms with Crippen LogP contribution in [0.25, 0.3) is 0 Å². The van der Waals surface area contributed by atoms with Crippen molar-refractivity contribution < 1.29 is 9.90 Å². The van der Waals surface area contributed by atoms with E-state index in [0.29, 0.717) is 19.5 Å². The third kappa shape index (κ3) is 2.71. The van der Waals surface area contributed by atoms with E-state index in [4.69, 9.17) is 5.73 Å². The zero-order chi connectivity index (χ0) is 13.3. The Hall–Kier alpha value is -1.39. The van der Waals surface area contributed by atoms with E-state index < -0.39 is 5.60 Å². The van der Waals surface area contributed by atoms with Crippen LogP contribution in [0.1, 0.15) is 31.4 Å². The second-order valence-electron chi connectivity index (χ2n) is 5.46. The number of aliphatic hydroxyl groups is 1. The number of hydrogen-bond donors (Lipinski definition) is 2. The van der Waals surface area contributed by atoms with Gasteiger partial charge in [-0.2, -0.15) is 0 Å². The second kappa shape index (κ2) is 4.71. The standard InChI is InChI=1S/C14H20N2O2/c1-14(2,18)9-16-12-5-3-10(8-15)7-11(12)4-6-13(16)17/h3,5,7,18H,4,6,8-9,15H2,1-2H3. The summed E-state index contributed by atoms with van der Waals surface area (Å²) < 4.78 is 0. The number of rotatable bonds is 3. The lowest BCUT2D eigenvalue weighted by Crippen LogP contribution is -2.44. The summed E-state index contributed by atoms with van der Waals surface area (Å²) in [6, 6.07) is 5.92. The van der Waals surface area contributed by atoms with E-state index in [-0.39, 0.29) is 5.91 Å². The summed E-state index contributed by atoms with van der Waals surface area (Å²) in [5.41, 5.74) is 7.86. The van der Waals surface area contributed by atoms with Gasteiger partial charge in [0.2, 0.25) is 5.91 Å². The Morgan fingerprint density at radius 1 is 1.39 bits per heavy atom. The fourth-order valence-electron chi connectivity index (χ4n) is 2.30. The first-order valence-electron chi connectivity index (χ1n) is 6.25. The average Bonchev–Trinajstić information content (AvgIpc) is 2.31. The summed E-state index contributed by atoms with van der Waals surface area (Å²) in [7, 11) is 0. The molecule has 0 spiro atoms. The Morgan fingerprint density at radius 2 is 2.11 bits per heavy atom. The molecule has 0 atom stereocenters. The molecule has 1 aliphatic rings. The zero-order valence-electron chi connectivity index (χ0n) is 10.9. The van der Waals surface area contributed by atoms with Gasteiger partial charge in [0.05, 0.1) is 12.1 Å². The summed E-state index contributed by atoms with van der Waals surface area (Å²) >= 11 is 0. The van der Waals surface area contributed by atoms with Crippen molar-refractivity contribution in [1.29, 1.82) is 0 Å². The SMILES string of the molecule is CC(C)(O)CN1C(=O)CCc2cc(CN)ccc21. The van der Waals surface area contributed by atoms with Crippen LogP contribution in [0.5, 0.6) is 0 Å². The molecule has 0 fully saturated rings. The molecule has 3 N–H and O–H groups in total. The maximum absolute atomic E-state index is 12.0. The molecule has 1 aromatic carbocycles. The Balaban J connectivity index is 2.35. The number of nitrogens with zero attached hydrogens (tertiary/aromatic N) is 1. The predicted octanol–water partition coefficient (Wildman–Crippen LogP) is 1.20. The van der Waals surface area contributed by atoms with Gasteiger partial charge in [-0.25, -0.2) is 0 Å². The minimum atomic E-state index is -0.892. The van der Waals surface area contributed by atoms with E-state index >= 15 is 0 Å². The molecule has 0 aromatic heterocycles. The van der Waals surface area contributed by atoms with Crippen LogP contribution in [0.15, 0.2) is 18.2 Å². The molecule has 4 nitrogen and oxygen atoms in total.